The second-order valence-electron chi connectivity index (χ2n) is 6.09. The Morgan fingerprint density at radius 1 is 1.04 bits per heavy atom. The Labute approximate surface area is 149 Å². The number of amides is 1. The molecule has 0 saturated carbocycles. The molecule has 0 aliphatic rings. The minimum absolute atomic E-state index is 0.0731. The average molecular weight is 338 g/mol. The Morgan fingerprint density at radius 3 is 2.48 bits per heavy atom. The molecule has 0 radical (unpaired) electrons. The van der Waals surface area contributed by atoms with Crippen LogP contribution in [0.4, 0.5) is 5.69 Å². The van der Waals surface area contributed by atoms with Crippen molar-refractivity contribution in [3.63, 3.8) is 0 Å². The minimum atomic E-state index is -0.0731. The lowest BCUT2D eigenvalue weighted by molar-refractivity contribution is -0.114. The van der Waals surface area contributed by atoms with Gasteiger partial charge in [0.05, 0.1) is 0 Å². The highest BCUT2D eigenvalue weighted by molar-refractivity contribution is 5.88. The molecule has 0 unspecified atom stereocenters. The predicted molar refractivity (Wildman–Crippen MR) is 104 cm³/mol. The van der Waals surface area contributed by atoms with Gasteiger partial charge in [-0.1, -0.05) is 35.9 Å². The maximum Gasteiger partial charge on any atom is 0.221 e. The number of hydrogen-bond donors (Lipinski definition) is 3. The first-order chi connectivity index (χ1) is 12.0. The molecule has 0 bridgehead atoms. The summed E-state index contributed by atoms with van der Waals surface area (Å²) in [5, 5.41) is 9.42. The molecule has 2 rings (SSSR count). The summed E-state index contributed by atoms with van der Waals surface area (Å²) in [5.74, 6) is 0.668. The molecule has 3 N–H and O–H groups in total. The smallest absolute Gasteiger partial charge is 0.221 e. The summed E-state index contributed by atoms with van der Waals surface area (Å²) in [4.78, 5) is 15.4. The summed E-state index contributed by atoms with van der Waals surface area (Å²) in [6, 6.07) is 14.2. The van der Waals surface area contributed by atoms with Crippen molar-refractivity contribution >= 4 is 17.6 Å². The number of nitrogens with one attached hydrogen (secondary N) is 3. The van der Waals surface area contributed by atoms with Gasteiger partial charge < -0.3 is 16.0 Å². The highest BCUT2D eigenvalue weighted by Crippen LogP contribution is 2.11. The van der Waals surface area contributed by atoms with E-state index in [-0.39, 0.29) is 5.91 Å². The largest absolute Gasteiger partial charge is 0.352 e. The zero-order valence-electron chi connectivity index (χ0n) is 15.3. The molecule has 0 spiro atoms. The summed E-state index contributed by atoms with van der Waals surface area (Å²) in [7, 11) is 1.76. The van der Waals surface area contributed by atoms with Crippen molar-refractivity contribution in [2.24, 2.45) is 4.99 Å². The molecule has 0 saturated heterocycles. The van der Waals surface area contributed by atoms with Crippen LogP contribution in [0.5, 0.6) is 0 Å². The molecule has 1 amide bonds. The van der Waals surface area contributed by atoms with Crippen molar-refractivity contribution in [3.8, 4) is 0 Å². The van der Waals surface area contributed by atoms with E-state index in [2.05, 4.69) is 53.0 Å². The number of anilines is 1. The fourth-order valence-corrected chi connectivity index (χ4v) is 2.59. The van der Waals surface area contributed by atoms with Crippen LogP contribution < -0.4 is 16.0 Å². The molecule has 2 aromatic rings. The fraction of sp³-hybridized carbons (Fsp3) is 0.300. The molecule has 5 nitrogen and oxygen atoms in total. The molecule has 0 atom stereocenters. The molecule has 0 aromatic heterocycles. The second-order valence-corrected chi connectivity index (χ2v) is 6.09. The van der Waals surface area contributed by atoms with Gasteiger partial charge in [0.1, 0.15) is 0 Å². The molecule has 0 aliphatic heterocycles. The van der Waals surface area contributed by atoms with Crippen molar-refractivity contribution in [2.75, 3.05) is 12.4 Å². The van der Waals surface area contributed by atoms with Crippen LogP contribution in [0.15, 0.2) is 47.5 Å². The molecular formula is C20H26N4O. The van der Waals surface area contributed by atoms with Gasteiger partial charge in [-0.15, -0.1) is 0 Å². The summed E-state index contributed by atoms with van der Waals surface area (Å²) in [6.45, 7) is 7.06. The molecule has 0 heterocycles. The van der Waals surface area contributed by atoms with E-state index in [4.69, 9.17) is 0 Å². The molecule has 0 fully saturated rings. The van der Waals surface area contributed by atoms with Crippen LogP contribution >= 0.6 is 0 Å². The Balaban J connectivity index is 1.91. The van der Waals surface area contributed by atoms with E-state index in [9.17, 15) is 4.79 Å². The first-order valence-electron chi connectivity index (χ1n) is 8.35. The van der Waals surface area contributed by atoms with Crippen LogP contribution in [0.1, 0.15) is 29.2 Å². The number of carbonyl (C=O) groups is 1. The number of nitrogens with zero attached hydrogens (tertiary/aromatic N) is 1. The number of benzene rings is 2. The Bertz CT molecular complexity index is 768. The van der Waals surface area contributed by atoms with E-state index in [0.717, 1.165) is 23.8 Å². The monoisotopic (exact) mass is 338 g/mol. The van der Waals surface area contributed by atoms with Crippen LogP contribution in [-0.2, 0) is 17.9 Å². The van der Waals surface area contributed by atoms with E-state index >= 15 is 0 Å². The average Bonchev–Trinajstić information content (AvgIpc) is 2.56. The summed E-state index contributed by atoms with van der Waals surface area (Å²) in [6.07, 6.45) is 0. The fourth-order valence-electron chi connectivity index (χ4n) is 2.59. The number of hydrogen-bond acceptors (Lipinski definition) is 2. The topological polar surface area (TPSA) is 65.5 Å². The zero-order chi connectivity index (χ0) is 18.2. The van der Waals surface area contributed by atoms with Gasteiger partial charge in [0, 0.05) is 32.7 Å². The van der Waals surface area contributed by atoms with Crippen LogP contribution in [0.3, 0.4) is 0 Å². The molecule has 2 aromatic carbocycles. The first kappa shape index (κ1) is 18.5. The number of aryl methyl sites for hydroxylation is 2. The van der Waals surface area contributed by atoms with Gasteiger partial charge in [0.2, 0.25) is 5.91 Å². The van der Waals surface area contributed by atoms with E-state index in [1.54, 1.807) is 7.05 Å². The summed E-state index contributed by atoms with van der Waals surface area (Å²) in [5.41, 5.74) is 5.65. The third-order valence-corrected chi connectivity index (χ3v) is 3.88. The maximum atomic E-state index is 11.1. The van der Waals surface area contributed by atoms with Gasteiger partial charge in [0.25, 0.3) is 0 Å². The van der Waals surface area contributed by atoms with Gasteiger partial charge in [0.15, 0.2) is 5.96 Å². The molecule has 132 valence electrons. The molecule has 5 heteroatoms. The number of rotatable bonds is 5. The van der Waals surface area contributed by atoms with Crippen molar-refractivity contribution in [2.45, 2.75) is 33.9 Å². The van der Waals surface area contributed by atoms with Crippen LogP contribution in [-0.4, -0.2) is 18.9 Å². The molecular weight excluding hydrogens is 312 g/mol. The Morgan fingerprint density at radius 2 is 1.80 bits per heavy atom. The van der Waals surface area contributed by atoms with E-state index in [0.29, 0.717) is 6.54 Å². The van der Waals surface area contributed by atoms with E-state index in [1.807, 2.05) is 24.3 Å². The van der Waals surface area contributed by atoms with Crippen LogP contribution in [0, 0.1) is 13.8 Å². The van der Waals surface area contributed by atoms with E-state index in [1.165, 1.54) is 23.6 Å². The van der Waals surface area contributed by atoms with Gasteiger partial charge in [-0.3, -0.25) is 9.79 Å². The number of guanidine groups is 1. The predicted octanol–water partition coefficient (Wildman–Crippen LogP) is 3.13. The minimum Gasteiger partial charge on any atom is -0.352 e. The van der Waals surface area contributed by atoms with Gasteiger partial charge in [-0.25, -0.2) is 0 Å². The molecule has 0 aliphatic carbocycles. The third-order valence-electron chi connectivity index (χ3n) is 3.88. The maximum absolute atomic E-state index is 11.1. The van der Waals surface area contributed by atoms with Gasteiger partial charge in [-0.05, 0) is 42.7 Å². The van der Waals surface area contributed by atoms with Crippen molar-refractivity contribution in [3.05, 3.63) is 64.7 Å². The zero-order valence-corrected chi connectivity index (χ0v) is 15.3. The number of aliphatic imine (C=N–C) groups is 1. The third kappa shape index (κ3) is 5.95. The highest BCUT2D eigenvalue weighted by Gasteiger charge is 2.03. The normalized spacial score (nSPS) is 11.1. The SMILES string of the molecule is CN=C(NCc1cccc(NC(C)=O)c1)NCc1ccc(C)cc1C. The second kappa shape index (κ2) is 8.87. The van der Waals surface area contributed by atoms with Crippen LogP contribution in [0.2, 0.25) is 0 Å². The molecule has 25 heavy (non-hydrogen) atoms. The quantitative estimate of drug-likeness (QED) is 0.580. The number of carbonyl (C=O) groups excluding carboxylic acids is 1. The Hall–Kier alpha value is -2.82. The first-order valence-corrected chi connectivity index (χ1v) is 8.35. The van der Waals surface area contributed by atoms with Crippen LogP contribution in [0.25, 0.3) is 0 Å². The summed E-state index contributed by atoms with van der Waals surface area (Å²) < 4.78 is 0. The standard InChI is InChI=1S/C20H26N4O/c1-14-8-9-18(15(2)10-14)13-23-20(21-4)22-12-17-6-5-7-19(11-17)24-16(3)25/h5-11H,12-13H2,1-4H3,(H,24,25)(H2,21,22,23). The lowest BCUT2D eigenvalue weighted by Crippen LogP contribution is -2.36. The summed E-state index contributed by atoms with van der Waals surface area (Å²) >= 11 is 0. The van der Waals surface area contributed by atoms with Gasteiger partial charge in [-0.2, -0.15) is 0 Å². The highest BCUT2D eigenvalue weighted by atomic mass is 16.1. The van der Waals surface area contributed by atoms with E-state index < -0.39 is 0 Å². The van der Waals surface area contributed by atoms with Crippen molar-refractivity contribution in [1.82, 2.24) is 10.6 Å². The lowest BCUT2D eigenvalue weighted by atomic mass is 10.1. The van der Waals surface area contributed by atoms with Crippen molar-refractivity contribution in [1.29, 1.82) is 0 Å². The van der Waals surface area contributed by atoms with Gasteiger partial charge >= 0.3 is 0 Å². The lowest BCUT2D eigenvalue weighted by Gasteiger charge is -2.14. The Kier molecular flexibility index (Phi) is 6.57. The van der Waals surface area contributed by atoms with Crippen molar-refractivity contribution < 1.29 is 4.79 Å².